The Hall–Kier alpha value is -3.19. The van der Waals surface area contributed by atoms with Crippen molar-refractivity contribution in [3.05, 3.63) is 75.4 Å². The number of amides is 1. The molecule has 1 fully saturated rings. The van der Waals surface area contributed by atoms with Crippen molar-refractivity contribution < 1.29 is 22.0 Å². The standard InChI is InChI=1S/C23H15Cl2F2N3O3S/c24-14-5-7-16(25)19(9-14)34(32)33-18-10-17(26)15(21(27)22(18)28)6-1-12-2-8-20(29-11-12)30-23(31)13-3-4-13/h2,5,7-11,13H,3-4,28H2,(H,29,30,31). The van der Waals surface area contributed by atoms with Gasteiger partial charge in [0, 0.05) is 28.8 Å². The summed E-state index contributed by atoms with van der Waals surface area (Å²) in [6.07, 6.45) is 3.09. The minimum atomic E-state index is -2.23. The number of nitrogens with zero attached hydrogens (tertiary/aromatic N) is 1. The smallest absolute Gasteiger partial charge is 0.242 e. The molecule has 0 radical (unpaired) electrons. The maximum absolute atomic E-state index is 14.8. The van der Waals surface area contributed by atoms with Crippen LogP contribution in [0.2, 0.25) is 10.0 Å². The van der Waals surface area contributed by atoms with Crippen LogP contribution in [0.3, 0.4) is 0 Å². The molecule has 1 unspecified atom stereocenters. The number of anilines is 2. The molecule has 1 heterocycles. The van der Waals surface area contributed by atoms with Crippen molar-refractivity contribution in [1.82, 2.24) is 4.98 Å². The van der Waals surface area contributed by atoms with E-state index in [1.807, 2.05) is 0 Å². The number of nitrogens with two attached hydrogens (primary N) is 1. The van der Waals surface area contributed by atoms with E-state index in [0.29, 0.717) is 11.4 Å². The molecule has 6 nitrogen and oxygen atoms in total. The zero-order chi connectivity index (χ0) is 24.4. The van der Waals surface area contributed by atoms with Gasteiger partial charge in [-0.25, -0.2) is 18.0 Å². The van der Waals surface area contributed by atoms with Crippen molar-refractivity contribution in [1.29, 1.82) is 0 Å². The van der Waals surface area contributed by atoms with Crippen molar-refractivity contribution in [2.24, 2.45) is 5.92 Å². The summed E-state index contributed by atoms with van der Waals surface area (Å²) in [6, 6.07) is 8.08. The van der Waals surface area contributed by atoms with E-state index < -0.39 is 39.7 Å². The lowest BCUT2D eigenvalue weighted by atomic mass is 10.1. The highest BCUT2D eigenvalue weighted by atomic mass is 35.5. The molecule has 174 valence electrons. The van der Waals surface area contributed by atoms with Crippen LogP contribution in [0.25, 0.3) is 0 Å². The normalized spacial score (nSPS) is 13.5. The van der Waals surface area contributed by atoms with Gasteiger partial charge in [-0.1, -0.05) is 35.0 Å². The summed E-state index contributed by atoms with van der Waals surface area (Å²) in [6.45, 7) is 0. The van der Waals surface area contributed by atoms with Crippen molar-refractivity contribution in [2.75, 3.05) is 11.1 Å². The number of benzene rings is 2. The molecule has 4 rings (SSSR count). The molecule has 3 N–H and O–H groups in total. The van der Waals surface area contributed by atoms with E-state index in [1.54, 1.807) is 12.1 Å². The number of halogens is 4. The zero-order valence-electron chi connectivity index (χ0n) is 17.2. The molecule has 0 aliphatic heterocycles. The first-order chi connectivity index (χ1) is 16.2. The molecule has 1 aromatic heterocycles. The lowest BCUT2D eigenvalue weighted by molar-refractivity contribution is -0.117. The molecule has 3 aromatic rings. The van der Waals surface area contributed by atoms with Gasteiger partial charge in [0.1, 0.15) is 17.3 Å². The first-order valence-electron chi connectivity index (χ1n) is 9.84. The highest BCUT2D eigenvalue weighted by molar-refractivity contribution is 7.80. The second kappa shape index (κ2) is 9.97. The second-order valence-electron chi connectivity index (χ2n) is 7.30. The third kappa shape index (κ3) is 5.47. The van der Waals surface area contributed by atoms with Gasteiger partial charge >= 0.3 is 0 Å². The third-order valence-electron chi connectivity index (χ3n) is 4.75. The van der Waals surface area contributed by atoms with E-state index in [1.165, 1.54) is 24.4 Å². The Morgan fingerprint density at radius 1 is 1.18 bits per heavy atom. The fourth-order valence-electron chi connectivity index (χ4n) is 2.78. The zero-order valence-corrected chi connectivity index (χ0v) is 19.5. The van der Waals surface area contributed by atoms with E-state index in [-0.39, 0.29) is 26.8 Å². The van der Waals surface area contributed by atoms with Crippen LogP contribution in [0.4, 0.5) is 20.3 Å². The van der Waals surface area contributed by atoms with Gasteiger partial charge in [0.05, 0.1) is 15.5 Å². The summed E-state index contributed by atoms with van der Waals surface area (Å²) in [7, 11) is 0. The van der Waals surface area contributed by atoms with Crippen LogP contribution < -0.4 is 15.2 Å². The fraction of sp³-hybridized carbons (Fsp3) is 0.130. The van der Waals surface area contributed by atoms with Crippen LogP contribution in [0.5, 0.6) is 5.75 Å². The summed E-state index contributed by atoms with van der Waals surface area (Å²) < 4.78 is 47.0. The number of aromatic nitrogens is 1. The Morgan fingerprint density at radius 2 is 1.94 bits per heavy atom. The van der Waals surface area contributed by atoms with Gasteiger partial charge in [-0.05, 0) is 43.2 Å². The van der Waals surface area contributed by atoms with Crippen LogP contribution in [0, 0.1) is 29.4 Å². The van der Waals surface area contributed by atoms with Gasteiger partial charge in [0.2, 0.25) is 17.0 Å². The van der Waals surface area contributed by atoms with Crippen LogP contribution >= 0.6 is 23.2 Å². The molecule has 1 aliphatic rings. The van der Waals surface area contributed by atoms with Gasteiger partial charge in [-0.15, -0.1) is 0 Å². The molecular formula is C23H15Cl2F2N3O3S. The Bertz CT molecular complexity index is 1370. The number of hydrogen-bond acceptors (Lipinski definition) is 5. The highest BCUT2D eigenvalue weighted by Crippen LogP contribution is 2.32. The van der Waals surface area contributed by atoms with Crippen LogP contribution in [0.15, 0.2) is 47.5 Å². The molecule has 2 aromatic carbocycles. The summed E-state index contributed by atoms with van der Waals surface area (Å²) in [5.74, 6) is 2.56. The van der Waals surface area contributed by atoms with E-state index in [2.05, 4.69) is 22.1 Å². The molecule has 1 amide bonds. The van der Waals surface area contributed by atoms with E-state index in [4.69, 9.17) is 33.1 Å². The monoisotopic (exact) mass is 521 g/mol. The molecule has 1 atom stereocenters. The molecule has 34 heavy (non-hydrogen) atoms. The van der Waals surface area contributed by atoms with Crippen LogP contribution in [-0.4, -0.2) is 15.1 Å². The number of carbonyl (C=O) groups is 1. The Balaban J connectivity index is 1.53. The molecule has 1 aliphatic carbocycles. The van der Waals surface area contributed by atoms with E-state index in [0.717, 1.165) is 18.9 Å². The number of rotatable bonds is 5. The van der Waals surface area contributed by atoms with Crippen molar-refractivity contribution in [3.8, 4) is 17.6 Å². The van der Waals surface area contributed by atoms with Gasteiger partial charge in [0.15, 0.2) is 11.6 Å². The largest absolute Gasteiger partial charge is 0.394 e. The predicted molar refractivity (Wildman–Crippen MR) is 126 cm³/mol. The van der Waals surface area contributed by atoms with E-state index >= 15 is 0 Å². The topological polar surface area (TPSA) is 94.3 Å². The summed E-state index contributed by atoms with van der Waals surface area (Å²) in [5, 5.41) is 3.03. The molecular weight excluding hydrogens is 507 g/mol. The summed E-state index contributed by atoms with van der Waals surface area (Å²) >= 11 is 9.61. The number of nitrogen functional groups attached to an aromatic ring is 1. The maximum atomic E-state index is 14.8. The lowest BCUT2D eigenvalue weighted by Gasteiger charge is -2.11. The van der Waals surface area contributed by atoms with Crippen molar-refractivity contribution in [3.63, 3.8) is 0 Å². The second-order valence-corrected chi connectivity index (χ2v) is 9.22. The Labute approximate surface area is 206 Å². The molecule has 0 spiro atoms. The Kier molecular flexibility index (Phi) is 7.03. The quantitative estimate of drug-likeness (QED) is 0.359. The molecule has 0 saturated heterocycles. The minimum absolute atomic E-state index is 0.0162. The first kappa shape index (κ1) is 24.0. The number of nitrogens with one attached hydrogen (secondary N) is 1. The Morgan fingerprint density at radius 3 is 2.62 bits per heavy atom. The SMILES string of the molecule is Nc1c(OS(=O)c2cc(Cl)ccc2Cl)cc(F)c(C#Cc2ccc(NC(=O)C3CC3)nc2)c1F. The molecule has 0 bridgehead atoms. The number of carbonyl (C=O) groups excluding carboxylic acids is 1. The summed E-state index contributed by atoms with van der Waals surface area (Å²) in [4.78, 5) is 15.9. The number of pyridine rings is 1. The molecule has 1 saturated carbocycles. The van der Waals surface area contributed by atoms with Gasteiger partial charge in [-0.3, -0.25) is 4.79 Å². The van der Waals surface area contributed by atoms with Crippen molar-refractivity contribution in [2.45, 2.75) is 17.7 Å². The van der Waals surface area contributed by atoms with Gasteiger partial charge in [-0.2, -0.15) is 0 Å². The fourth-order valence-corrected chi connectivity index (χ4v) is 4.16. The van der Waals surface area contributed by atoms with E-state index in [9.17, 15) is 17.8 Å². The van der Waals surface area contributed by atoms with Crippen molar-refractivity contribution >= 4 is 51.7 Å². The third-order valence-corrected chi connectivity index (χ3v) is 6.46. The van der Waals surface area contributed by atoms with Crippen LogP contribution in [0.1, 0.15) is 24.0 Å². The highest BCUT2D eigenvalue weighted by Gasteiger charge is 2.29. The molecule has 11 heteroatoms. The van der Waals surface area contributed by atoms with Gasteiger partial charge < -0.3 is 15.2 Å². The average Bonchev–Trinajstić information content (AvgIpc) is 3.65. The maximum Gasteiger partial charge on any atom is 0.242 e. The minimum Gasteiger partial charge on any atom is -0.394 e. The van der Waals surface area contributed by atoms with Gasteiger partial charge in [0.25, 0.3) is 0 Å². The first-order valence-corrected chi connectivity index (χ1v) is 11.7. The lowest BCUT2D eigenvalue weighted by Crippen LogP contribution is -2.14. The van der Waals surface area contributed by atoms with Crippen LogP contribution in [-0.2, 0) is 15.9 Å². The predicted octanol–water partition coefficient (Wildman–Crippen LogP) is 5.10. The number of hydrogen-bond donors (Lipinski definition) is 2. The average molecular weight is 522 g/mol. The summed E-state index contributed by atoms with van der Waals surface area (Å²) in [5.41, 5.74) is 4.92.